The molecule has 0 saturated carbocycles. The molecule has 0 atom stereocenters. The van der Waals surface area contributed by atoms with E-state index in [0.717, 1.165) is 5.39 Å². The molecule has 1 amide bonds. The highest BCUT2D eigenvalue weighted by Crippen LogP contribution is 2.30. The van der Waals surface area contributed by atoms with Crippen LogP contribution < -0.4 is 10.6 Å². The monoisotopic (exact) mass is 368 g/mol. The van der Waals surface area contributed by atoms with Crippen molar-refractivity contribution in [2.45, 2.75) is 33.6 Å². The summed E-state index contributed by atoms with van der Waals surface area (Å²) in [7, 11) is 0. The standard InChI is InChI=1S/C17H22Cl2N4O/c1-4-14-22-16-12(7-11(18)8-13(16)19)17(23-14)20-6-5-15(24)21-9-10(2)3/h7-8,10H,4-6,9H2,1-3H3,(H,21,24)(H,20,22,23). The number of amides is 1. The Morgan fingerprint density at radius 1 is 1.25 bits per heavy atom. The predicted octanol–water partition coefficient (Wildman–Crippen LogP) is 4.07. The number of nitrogens with one attached hydrogen (secondary N) is 2. The second-order valence-corrected chi connectivity index (χ2v) is 6.84. The molecule has 0 aliphatic rings. The number of carbonyl (C=O) groups excluding carboxylic acids is 1. The zero-order valence-electron chi connectivity index (χ0n) is 14.1. The van der Waals surface area contributed by atoms with Crippen LogP contribution in [0, 0.1) is 5.92 Å². The minimum absolute atomic E-state index is 0.0151. The molecular formula is C17H22Cl2N4O. The van der Waals surface area contributed by atoms with Gasteiger partial charge in [-0.2, -0.15) is 0 Å². The van der Waals surface area contributed by atoms with E-state index in [0.29, 0.717) is 59.1 Å². The van der Waals surface area contributed by atoms with Crippen LogP contribution in [0.25, 0.3) is 10.9 Å². The van der Waals surface area contributed by atoms with E-state index in [2.05, 4.69) is 34.4 Å². The quantitative estimate of drug-likeness (QED) is 0.772. The molecule has 0 radical (unpaired) electrons. The van der Waals surface area contributed by atoms with Crippen LogP contribution in [0.15, 0.2) is 12.1 Å². The maximum atomic E-state index is 11.8. The molecule has 2 aromatic rings. The lowest BCUT2D eigenvalue weighted by Crippen LogP contribution is -2.28. The van der Waals surface area contributed by atoms with E-state index in [1.165, 1.54) is 0 Å². The van der Waals surface area contributed by atoms with E-state index in [4.69, 9.17) is 23.2 Å². The van der Waals surface area contributed by atoms with Crippen molar-refractivity contribution in [2.24, 2.45) is 5.92 Å². The minimum Gasteiger partial charge on any atom is -0.369 e. The van der Waals surface area contributed by atoms with Gasteiger partial charge in [-0.05, 0) is 18.1 Å². The van der Waals surface area contributed by atoms with Crippen molar-refractivity contribution in [3.8, 4) is 0 Å². The van der Waals surface area contributed by atoms with Crippen LogP contribution >= 0.6 is 23.2 Å². The van der Waals surface area contributed by atoms with E-state index >= 15 is 0 Å². The first kappa shape index (κ1) is 18.7. The fraction of sp³-hybridized carbons (Fsp3) is 0.471. The van der Waals surface area contributed by atoms with Gasteiger partial charge in [0.1, 0.15) is 11.6 Å². The predicted molar refractivity (Wildman–Crippen MR) is 99.9 cm³/mol. The molecule has 130 valence electrons. The Morgan fingerprint density at radius 3 is 2.67 bits per heavy atom. The van der Waals surface area contributed by atoms with Gasteiger partial charge in [0.05, 0.1) is 10.5 Å². The molecule has 0 bridgehead atoms. The van der Waals surface area contributed by atoms with Gasteiger partial charge in [-0.3, -0.25) is 4.79 Å². The number of benzene rings is 1. The third-order valence-electron chi connectivity index (χ3n) is 3.43. The summed E-state index contributed by atoms with van der Waals surface area (Å²) in [6, 6.07) is 3.45. The second kappa shape index (κ2) is 8.49. The number of nitrogens with zero attached hydrogens (tertiary/aromatic N) is 2. The molecule has 7 heteroatoms. The average molecular weight is 369 g/mol. The first-order chi connectivity index (χ1) is 11.4. The lowest BCUT2D eigenvalue weighted by atomic mass is 10.2. The normalized spacial score (nSPS) is 11.1. The third-order valence-corrected chi connectivity index (χ3v) is 3.94. The molecule has 2 rings (SSSR count). The Labute approximate surface area is 152 Å². The number of fused-ring (bicyclic) bond motifs is 1. The molecule has 0 saturated heterocycles. The number of halogens is 2. The van der Waals surface area contributed by atoms with Gasteiger partial charge in [-0.25, -0.2) is 9.97 Å². The van der Waals surface area contributed by atoms with Gasteiger partial charge in [0.2, 0.25) is 5.91 Å². The Morgan fingerprint density at radius 2 is 2.00 bits per heavy atom. The van der Waals surface area contributed by atoms with E-state index < -0.39 is 0 Å². The van der Waals surface area contributed by atoms with Gasteiger partial charge in [-0.15, -0.1) is 0 Å². The number of hydrogen-bond acceptors (Lipinski definition) is 4. The average Bonchev–Trinajstić information content (AvgIpc) is 2.53. The topological polar surface area (TPSA) is 66.9 Å². The maximum Gasteiger partial charge on any atom is 0.221 e. The van der Waals surface area contributed by atoms with Crippen molar-refractivity contribution in [1.82, 2.24) is 15.3 Å². The summed E-state index contributed by atoms with van der Waals surface area (Å²) >= 11 is 12.3. The van der Waals surface area contributed by atoms with Crippen molar-refractivity contribution in [1.29, 1.82) is 0 Å². The van der Waals surface area contributed by atoms with Crippen LogP contribution in [-0.2, 0) is 11.2 Å². The summed E-state index contributed by atoms with van der Waals surface area (Å²) in [5.41, 5.74) is 0.666. The zero-order valence-corrected chi connectivity index (χ0v) is 15.6. The number of rotatable bonds is 7. The largest absolute Gasteiger partial charge is 0.369 e. The summed E-state index contributed by atoms with van der Waals surface area (Å²) in [6.07, 6.45) is 1.06. The van der Waals surface area contributed by atoms with Crippen LogP contribution in [0.5, 0.6) is 0 Å². The van der Waals surface area contributed by atoms with Crippen molar-refractivity contribution in [3.05, 3.63) is 28.0 Å². The number of anilines is 1. The van der Waals surface area contributed by atoms with Crippen molar-refractivity contribution < 1.29 is 4.79 Å². The molecule has 24 heavy (non-hydrogen) atoms. The van der Waals surface area contributed by atoms with Gasteiger partial charge in [0.25, 0.3) is 0 Å². The molecule has 0 unspecified atom stereocenters. The van der Waals surface area contributed by atoms with Crippen molar-refractivity contribution >= 4 is 45.8 Å². The molecule has 0 aliphatic carbocycles. The Hall–Kier alpha value is -1.59. The van der Waals surface area contributed by atoms with Crippen LogP contribution in [0.3, 0.4) is 0 Å². The summed E-state index contributed by atoms with van der Waals surface area (Å²) < 4.78 is 0. The summed E-state index contributed by atoms with van der Waals surface area (Å²) in [5, 5.41) is 7.87. The number of carbonyl (C=O) groups is 1. The fourth-order valence-corrected chi connectivity index (χ4v) is 2.73. The first-order valence-electron chi connectivity index (χ1n) is 8.07. The third kappa shape index (κ3) is 4.95. The fourth-order valence-electron chi connectivity index (χ4n) is 2.20. The van der Waals surface area contributed by atoms with E-state index in [1.807, 2.05) is 6.92 Å². The van der Waals surface area contributed by atoms with Crippen molar-refractivity contribution in [3.63, 3.8) is 0 Å². The number of aryl methyl sites for hydroxylation is 1. The van der Waals surface area contributed by atoms with Gasteiger partial charge < -0.3 is 10.6 Å². The second-order valence-electron chi connectivity index (χ2n) is 6.00. The molecule has 1 aromatic heterocycles. The van der Waals surface area contributed by atoms with Gasteiger partial charge in [-0.1, -0.05) is 44.0 Å². The van der Waals surface area contributed by atoms with Gasteiger partial charge in [0.15, 0.2) is 0 Å². The summed E-state index contributed by atoms with van der Waals surface area (Å²) in [6.45, 7) is 7.26. The van der Waals surface area contributed by atoms with Gasteiger partial charge >= 0.3 is 0 Å². The highest BCUT2D eigenvalue weighted by atomic mass is 35.5. The van der Waals surface area contributed by atoms with E-state index in [-0.39, 0.29) is 5.91 Å². The molecule has 1 heterocycles. The smallest absolute Gasteiger partial charge is 0.221 e. The highest BCUT2D eigenvalue weighted by molar-refractivity contribution is 6.38. The van der Waals surface area contributed by atoms with Crippen LogP contribution in [0.4, 0.5) is 5.82 Å². The van der Waals surface area contributed by atoms with E-state index in [9.17, 15) is 4.79 Å². The first-order valence-corrected chi connectivity index (χ1v) is 8.82. The molecular weight excluding hydrogens is 347 g/mol. The molecule has 5 nitrogen and oxygen atoms in total. The number of aromatic nitrogens is 2. The molecule has 2 N–H and O–H groups in total. The summed E-state index contributed by atoms with van der Waals surface area (Å²) in [5.74, 6) is 1.79. The lowest BCUT2D eigenvalue weighted by Gasteiger charge is -2.12. The lowest BCUT2D eigenvalue weighted by molar-refractivity contribution is -0.120. The highest BCUT2D eigenvalue weighted by Gasteiger charge is 2.12. The molecule has 0 aliphatic heterocycles. The van der Waals surface area contributed by atoms with Crippen molar-refractivity contribution in [2.75, 3.05) is 18.4 Å². The molecule has 0 spiro atoms. The molecule has 1 aromatic carbocycles. The summed E-state index contributed by atoms with van der Waals surface area (Å²) in [4.78, 5) is 20.8. The van der Waals surface area contributed by atoms with E-state index in [1.54, 1.807) is 12.1 Å². The minimum atomic E-state index is 0.0151. The molecule has 0 fully saturated rings. The van der Waals surface area contributed by atoms with Crippen LogP contribution in [-0.4, -0.2) is 29.0 Å². The Balaban J connectivity index is 2.14. The Bertz CT molecular complexity index is 734. The van der Waals surface area contributed by atoms with Gasteiger partial charge in [0, 0.05) is 36.3 Å². The maximum absolute atomic E-state index is 11.8. The Kier molecular flexibility index (Phi) is 6.63. The number of hydrogen-bond donors (Lipinski definition) is 2. The van der Waals surface area contributed by atoms with Crippen LogP contribution in [0.1, 0.15) is 33.0 Å². The van der Waals surface area contributed by atoms with Crippen LogP contribution in [0.2, 0.25) is 10.0 Å². The zero-order chi connectivity index (χ0) is 17.7. The SMILES string of the molecule is CCc1nc(NCCC(=O)NCC(C)C)c2cc(Cl)cc(Cl)c2n1.